The van der Waals surface area contributed by atoms with E-state index in [0.29, 0.717) is 5.82 Å². The normalized spacial score (nSPS) is 20.9. The minimum Gasteiger partial charge on any atom is -0.383 e. The van der Waals surface area contributed by atoms with E-state index in [9.17, 15) is 0 Å². The van der Waals surface area contributed by atoms with Gasteiger partial charge in [-0.2, -0.15) is 5.10 Å². The monoisotopic (exact) mass is 357 g/mol. The molecule has 0 unspecified atom stereocenters. The summed E-state index contributed by atoms with van der Waals surface area (Å²) in [5.74, 6) is 1.64. The van der Waals surface area contributed by atoms with E-state index in [1.807, 2.05) is 38.6 Å². The Labute approximate surface area is 158 Å². The molecule has 0 atom stereocenters. The quantitative estimate of drug-likeness (QED) is 0.877. The van der Waals surface area contributed by atoms with Crippen LogP contribution in [0.4, 0.5) is 5.82 Å². The molecule has 0 amide bonds. The number of pyridine rings is 1. The van der Waals surface area contributed by atoms with Crippen LogP contribution in [0.3, 0.4) is 0 Å². The number of rotatable bonds is 2. The molecule has 3 aliphatic rings. The summed E-state index contributed by atoms with van der Waals surface area (Å²) in [6.07, 6.45) is 10.8. The minimum absolute atomic E-state index is 0.554. The predicted molar refractivity (Wildman–Crippen MR) is 109 cm³/mol. The SMILES string of the molecule is C1CC(CN2CC3(CCC3)C2)C1.CC.Cc1nn(C)c2ccnc(N)c12. The van der Waals surface area contributed by atoms with Crippen LogP contribution in [0.25, 0.3) is 10.9 Å². The van der Waals surface area contributed by atoms with Crippen LogP contribution in [0.15, 0.2) is 12.3 Å². The molecule has 2 aromatic rings. The van der Waals surface area contributed by atoms with Crippen molar-refractivity contribution in [1.29, 1.82) is 0 Å². The lowest BCUT2D eigenvalue weighted by Crippen LogP contribution is -2.60. The van der Waals surface area contributed by atoms with E-state index >= 15 is 0 Å². The van der Waals surface area contributed by atoms with Crippen molar-refractivity contribution in [1.82, 2.24) is 19.7 Å². The molecular formula is C21H35N5. The standard InChI is InChI=1S/C11H19N.C8H10N4.C2H6/c1-3-10(4-1)7-12-8-11(9-12)5-2-6-11;1-5-7-6(12(2)11-5)3-4-10-8(7)9;1-2/h10H,1-9H2;3-4H,1-2H3,(H2,9,10);1-2H3. The molecule has 144 valence electrons. The predicted octanol–water partition coefficient (Wildman–Crippen LogP) is 4.16. The second kappa shape index (κ2) is 7.95. The first-order chi connectivity index (χ1) is 12.6. The fourth-order valence-corrected chi connectivity index (χ4v) is 4.50. The van der Waals surface area contributed by atoms with Crippen molar-refractivity contribution >= 4 is 16.7 Å². The second-order valence-corrected chi connectivity index (χ2v) is 8.12. The van der Waals surface area contributed by atoms with Crippen molar-refractivity contribution < 1.29 is 0 Å². The highest BCUT2D eigenvalue weighted by molar-refractivity contribution is 5.90. The van der Waals surface area contributed by atoms with Gasteiger partial charge in [0.2, 0.25) is 0 Å². The highest BCUT2D eigenvalue weighted by atomic mass is 15.3. The number of aryl methyl sites for hydroxylation is 2. The summed E-state index contributed by atoms with van der Waals surface area (Å²) < 4.78 is 1.81. The molecule has 2 saturated carbocycles. The van der Waals surface area contributed by atoms with Gasteiger partial charge in [-0.1, -0.05) is 26.7 Å². The number of likely N-dealkylation sites (tertiary alicyclic amines) is 1. The van der Waals surface area contributed by atoms with Gasteiger partial charge < -0.3 is 10.6 Å². The summed E-state index contributed by atoms with van der Waals surface area (Å²) in [4.78, 5) is 6.70. The topological polar surface area (TPSA) is 60.0 Å². The Hall–Kier alpha value is -1.62. The average Bonchev–Trinajstić information content (AvgIpc) is 2.81. The maximum Gasteiger partial charge on any atom is 0.134 e. The highest BCUT2D eigenvalue weighted by Gasteiger charge is 2.47. The van der Waals surface area contributed by atoms with Crippen LogP contribution >= 0.6 is 0 Å². The van der Waals surface area contributed by atoms with Gasteiger partial charge in [0.15, 0.2) is 0 Å². The zero-order valence-electron chi connectivity index (χ0n) is 17.0. The molecule has 1 spiro atoms. The fourth-order valence-electron chi connectivity index (χ4n) is 4.50. The maximum atomic E-state index is 5.71. The molecule has 3 heterocycles. The smallest absolute Gasteiger partial charge is 0.134 e. The van der Waals surface area contributed by atoms with Gasteiger partial charge >= 0.3 is 0 Å². The number of nitrogens with two attached hydrogens (primary N) is 1. The maximum absolute atomic E-state index is 5.71. The van der Waals surface area contributed by atoms with Crippen LogP contribution < -0.4 is 5.73 Å². The van der Waals surface area contributed by atoms with Crippen LogP contribution in [0, 0.1) is 18.3 Å². The van der Waals surface area contributed by atoms with E-state index in [0.717, 1.165) is 27.9 Å². The second-order valence-electron chi connectivity index (χ2n) is 8.12. The van der Waals surface area contributed by atoms with Crippen molar-refractivity contribution in [3.63, 3.8) is 0 Å². The molecule has 1 saturated heterocycles. The van der Waals surface area contributed by atoms with Gasteiger partial charge in [0.25, 0.3) is 0 Å². The number of nitrogens with zero attached hydrogens (tertiary/aromatic N) is 4. The number of anilines is 1. The summed E-state index contributed by atoms with van der Waals surface area (Å²) in [5, 5.41) is 5.21. The van der Waals surface area contributed by atoms with E-state index < -0.39 is 0 Å². The molecule has 5 rings (SSSR count). The number of aromatic nitrogens is 3. The molecule has 2 aliphatic carbocycles. The van der Waals surface area contributed by atoms with Crippen molar-refractivity contribution in [3.05, 3.63) is 18.0 Å². The molecule has 5 nitrogen and oxygen atoms in total. The number of fused-ring (bicyclic) bond motifs is 1. The first-order valence-corrected chi connectivity index (χ1v) is 10.3. The summed E-state index contributed by atoms with van der Waals surface area (Å²) in [5.41, 5.74) is 8.51. The molecule has 2 N–H and O–H groups in total. The van der Waals surface area contributed by atoms with Gasteiger partial charge in [-0.3, -0.25) is 4.68 Å². The van der Waals surface area contributed by atoms with Crippen molar-refractivity contribution in [2.24, 2.45) is 18.4 Å². The number of nitrogen functional groups attached to an aromatic ring is 1. The van der Waals surface area contributed by atoms with Gasteiger partial charge in [-0.15, -0.1) is 0 Å². The van der Waals surface area contributed by atoms with Crippen LogP contribution in [-0.4, -0.2) is 39.3 Å². The summed E-state index contributed by atoms with van der Waals surface area (Å²) in [6, 6.07) is 1.91. The Balaban J connectivity index is 0.000000138. The van der Waals surface area contributed by atoms with Crippen molar-refractivity contribution in [2.75, 3.05) is 25.4 Å². The summed E-state index contributed by atoms with van der Waals surface area (Å²) in [7, 11) is 1.90. The Morgan fingerprint density at radius 1 is 1.19 bits per heavy atom. The fraction of sp³-hybridized carbons (Fsp3) is 0.714. The van der Waals surface area contributed by atoms with Gasteiger partial charge in [-0.05, 0) is 50.0 Å². The molecule has 1 aliphatic heterocycles. The zero-order chi connectivity index (χ0) is 18.7. The van der Waals surface area contributed by atoms with Gasteiger partial charge in [0, 0.05) is 32.9 Å². The third-order valence-electron chi connectivity index (χ3n) is 6.24. The van der Waals surface area contributed by atoms with Crippen molar-refractivity contribution in [2.45, 2.75) is 59.3 Å². The minimum atomic E-state index is 0.554. The summed E-state index contributed by atoms with van der Waals surface area (Å²) >= 11 is 0. The average molecular weight is 358 g/mol. The van der Waals surface area contributed by atoms with Gasteiger partial charge in [-0.25, -0.2) is 4.98 Å². The highest BCUT2D eigenvalue weighted by Crippen LogP contribution is 2.48. The molecule has 0 radical (unpaired) electrons. The first-order valence-electron chi connectivity index (χ1n) is 10.3. The number of hydrogen-bond donors (Lipinski definition) is 1. The van der Waals surface area contributed by atoms with Crippen LogP contribution in [0.5, 0.6) is 0 Å². The molecule has 5 heteroatoms. The van der Waals surface area contributed by atoms with Crippen molar-refractivity contribution in [3.8, 4) is 0 Å². The molecular weight excluding hydrogens is 322 g/mol. The third kappa shape index (κ3) is 3.73. The summed E-state index contributed by atoms with van der Waals surface area (Å²) in [6.45, 7) is 10.3. The van der Waals surface area contributed by atoms with E-state index in [2.05, 4.69) is 15.0 Å². The van der Waals surface area contributed by atoms with Gasteiger partial charge in [0.1, 0.15) is 5.82 Å². The van der Waals surface area contributed by atoms with E-state index in [-0.39, 0.29) is 0 Å². The molecule has 26 heavy (non-hydrogen) atoms. The first kappa shape index (κ1) is 19.2. The molecule has 3 fully saturated rings. The zero-order valence-corrected chi connectivity index (χ0v) is 17.0. The Kier molecular flexibility index (Phi) is 5.86. The lowest BCUT2D eigenvalue weighted by Gasteiger charge is -2.57. The van der Waals surface area contributed by atoms with E-state index in [1.165, 1.54) is 58.2 Å². The van der Waals surface area contributed by atoms with Gasteiger partial charge in [0.05, 0.1) is 16.6 Å². The Morgan fingerprint density at radius 3 is 2.38 bits per heavy atom. The Bertz CT molecular complexity index is 717. The molecule has 0 aromatic carbocycles. The third-order valence-corrected chi connectivity index (χ3v) is 6.24. The number of hydrogen-bond acceptors (Lipinski definition) is 4. The van der Waals surface area contributed by atoms with E-state index in [1.54, 1.807) is 6.20 Å². The van der Waals surface area contributed by atoms with Crippen LogP contribution in [-0.2, 0) is 7.05 Å². The molecule has 2 aromatic heterocycles. The lowest BCUT2D eigenvalue weighted by atomic mass is 9.63. The lowest BCUT2D eigenvalue weighted by molar-refractivity contribution is -0.0712. The largest absolute Gasteiger partial charge is 0.383 e. The Morgan fingerprint density at radius 2 is 1.88 bits per heavy atom. The van der Waals surface area contributed by atoms with E-state index in [4.69, 9.17) is 5.73 Å². The van der Waals surface area contributed by atoms with Crippen LogP contribution in [0.2, 0.25) is 0 Å². The molecule has 0 bridgehead atoms. The van der Waals surface area contributed by atoms with Crippen LogP contribution in [0.1, 0.15) is 58.1 Å².